The van der Waals surface area contributed by atoms with Crippen LogP contribution in [0.2, 0.25) is 5.02 Å². The van der Waals surface area contributed by atoms with Gasteiger partial charge in [-0.1, -0.05) is 41.9 Å². The van der Waals surface area contributed by atoms with Gasteiger partial charge in [0.05, 0.1) is 11.2 Å². The van der Waals surface area contributed by atoms with E-state index in [0.29, 0.717) is 29.5 Å². The number of carbonyl (C=O) groups is 1. The van der Waals surface area contributed by atoms with Crippen LogP contribution in [0, 0.1) is 6.92 Å². The van der Waals surface area contributed by atoms with E-state index in [1.807, 2.05) is 49.4 Å². The molecule has 0 saturated heterocycles. The maximum atomic E-state index is 12.1. The Bertz CT molecular complexity index is 858. The first kappa shape index (κ1) is 16.3. The molecule has 122 valence electrons. The largest absolute Gasteiger partial charge is 0.441 e. The summed E-state index contributed by atoms with van der Waals surface area (Å²) < 4.78 is 5.70. The minimum absolute atomic E-state index is 0.0678. The molecule has 0 aliphatic rings. The molecule has 2 aromatic carbocycles. The number of hydrogen-bond acceptors (Lipinski definition) is 3. The normalized spacial score (nSPS) is 10.6. The lowest BCUT2D eigenvalue weighted by molar-refractivity contribution is -0.116. The van der Waals surface area contributed by atoms with Crippen molar-refractivity contribution in [2.45, 2.75) is 19.8 Å². The summed E-state index contributed by atoms with van der Waals surface area (Å²) in [4.78, 5) is 16.3. The summed E-state index contributed by atoms with van der Waals surface area (Å²) in [7, 11) is 0. The van der Waals surface area contributed by atoms with Crippen molar-refractivity contribution < 1.29 is 9.21 Å². The molecule has 24 heavy (non-hydrogen) atoms. The zero-order chi connectivity index (χ0) is 16.9. The Balaban J connectivity index is 1.61. The standard InChI is InChI=1S/C19H17ClN2O2/c1-13-6-2-5-9-16(13)22-18(23)10-11-19-21-12-17(24-19)14-7-3-4-8-15(14)20/h2-9,12H,10-11H2,1H3,(H,22,23). The lowest BCUT2D eigenvalue weighted by atomic mass is 10.2. The van der Waals surface area contributed by atoms with Gasteiger partial charge in [-0.25, -0.2) is 4.98 Å². The number of oxazole rings is 1. The predicted octanol–water partition coefficient (Wildman–Crippen LogP) is 4.87. The molecule has 0 radical (unpaired) electrons. The molecule has 0 atom stereocenters. The van der Waals surface area contributed by atoms with Crippen LogP contribution in [0.5, 0.6) is 0 Å². The summed E-state index contributed by atoms with van der Waals surface area (Å²) in [5, 5.41) is 3.51. The molecule has 0 bridgehead atoms. The number of halogens is 1. The second-order valence-electron chi connectivity index (χ2n) is 5.46. The minimum Gasteiger partial charge on any atom is -0.441 e. The molecule has 1 aromatic heterocycles. The summed E-state index contributed by atoms with van der Waals surface area (Å²) in [5.74, 6) is 1.06. The van der Waals surface area contributed by atoms with Crippen molar-refractivity contribution in [3.8, 4) is 11.3 Å². The third-order valence-electron chi connectivity index (χ3n) is 3.68. The topological polar surface area (TPSA) is 55.1 Å². The molecular formula is C19H17ClN2O2. The highest BCUT2D eigenvalue weighted by Crippen LogP contribution is 2.28. The van der Waals surface area contributed by atoms with E-state index >= 15 is 0 Å². The van der Waals surface area contributed by atoms with E-state index < -0.39 is 0 Å². The molecular weight excluding hydrogens is 324 g/mol. The predicted molar refractivity (Wildman–Crippen MR) is 95.1 cm³/mol. The third-order valence-corrected chi connectivity index (χ3v) is 4.01. The number of hydrogen-bond donors (Lipinski definition) is 1. The molecule has 3 rings (SSSR count). The van der Waals surface area contributed by atoms with Gasteiger partial charge in [-0.3, -0.25) is 4.79 Å². The second-order valence-corrected chi connectivity index (χ2v) is 5.87. The number of anilines is 1. The highest BCUT2D eigenvalue weighted by molar-refractivity contribution is 6.33. The van der Waals surface area contributed by atoms with Crippen molar-refractivity contribution in [1.82, 2.24) is 4.98 Å². The van der Waals surface area contributed by atoms with Crippen LogP contribution in [0.3, 0.4) is 0 Å². The average Bonchev–Trinajstić information content (AvgIpc) is 3.04. The monoisotopic (exact) mass is 340 g/mol. The summed E-state index contributed by atoms with van der Waals surface area (Å²) in [6.45, 7) is 1.96. The van der Waals surface area contributed by atoms with Crippen molar-refractivity contribution in [2.75, 3.05) is 5.32 Å². The lowest BCUT2D eigenvalue weighted by Gasteiger charge is -2.07. The lowest BCUT2D eigenvalue weighted by Crippen LogP contribution is -2.13. The fourth-order valence-corrected chi connectivity index (χ4v) is 2.59. The van der Waals surface area contributed by atoms with Crippen molar-refractivity contribution >= 4 is 23.2 Å². The van der Waals surface area contributed by atoms with Gasteiger partial charge >= 0.3 is 0 Å². The Morgan fingerprint density at radius 3 is 2.71 bits per heavy atom. The maximum Gasteiger partial charge on any atom is 0.224 e. The average molecular weight is 341 g/mol. The molecule has 1 N–H and O–H groups in total. The van der Waals surface area contributed by atoms with Crippen LogP contribution in [-0.4, -0.2) is 10.9 Å². The molecule has 5 heteroatoms. The van der Waals surface area contributed by atoms with E-state index in [0.717, 1.165) is 16.8 Å². The van der Waals surface area contributed by atoms with E-state index in [-0.39, 0.29) is 5.91 Å². The molecule has 3 aromatic rings. The summed E-state index contributed by atoms with van der Waals surface area (Å²) in [6.07, 6.45) is 2.37. The molecule has 0 aliphatic heterocycles. The van der Waals surface area contributed by atoms with Gasteiger partial charge in [0, 0.05) is 24.1 Å². The molecule has 1 heterocycles. The number of benzene rings is 2. The highest BCUT2D eigenvalue weighted by atomic mass is 35.5. The molecule has 0 spiro atoms. The fourth-order valence-electron chi connectivity index (χ4n) is 2.36. The maximum absolute atomic E-state index is 12.1. The number of para-hydroxylation sites is 1. The first-order chi connectivity index (χ1) is 11.6. The number of aryl methyl sites for hydroxylation is 2. The fraction of sp³-hybridized carbons (Fsp3) is 0.158. The van der Waals surface area contributed by atoms with Gasteiger partial charge in [-0.05, 0) is 30.7 Å². The summed E-state index contributed by atoms with van der Waals surface area (Å²) in [5.41, 5.74) is 2.65. The first-order valence-electron chi connectivity index (χ1n) is 7.68. The Morgan fingerprint density at radius 2 is 1.92 bits per heavy atom. The van der Waals surface area contributed by atoms with Crippen LogP contribution in [-0.2, 0) is 11.2 Å². The number of nitrogens with one attached hydrogen (secondary N) is 1. The van der Waals surface area contributed by atoms with Gasteiger partial charge in [-0.15, -0.1) is 0 Å². The first-order valence-corrected chi connectivity index (χ1v) is 8.06. The van der Waals surface area contributed by atoms with Crippen LogP contribution in [0.1, 0.15) is 17.9 Å². The Labute approximate surface area is 145 Å². The van der Waals surface area contributed by atoms with E-state index in [4.69, 9.17) is 16.0 Å². The van der Waals surface area contributed by atoms with Crippen molar-refractivity contribution in [3.05, 3.63) is 71.2 Å². The van der Waals surface area contributed by atoms with Crippen molar-refractivity contribution in [1.29, 1.82) is 0 Å². The van der Waals surface area contributed by atoms with Gasteiger partial charge in [0.2, 0.25) is 5.91 Å². The molecule has 0 aliphatic carbocycles. The Kier molecular flexibility index (Phi) is 4.96. The zero-order valence-corrected chi connectivity index (χ0v) is 14.0. The van der Waals surface area contributed by atoms with Crippen LogP contribution < -0.4 is 5.32 Å². The molecule has 1 amide bonds. The quantitative estimate of drug-likeness (QED) is 0.720. The van der Waals surface area contributed by atoms with Crippen LogP contribution >= 0.6 is 11.6 Å². The number of carbonyl (C=O) groups excluding carboxylic acids is 1. The molecule has 0 saturated carbocycles. The highest BCUT2D eigenvalue weighted by Gasteiger charge is 2.11. The van der Waals surface area contributed by atoms with E-state index in [9.17, 15) is 4.79 Å². The Morgan fingerprint density at radius 1 is 1.17 bits per heavy atom. The molecule has 0 unspecified atom stereocenters. The van der Waals surface area contributed by atoms with Gasteiger partial charge < -0.3 is 9.73 Å². The number of nitrogens with zero attached hydrogens (tertiary/aromatic N) is 1. The van der Waals surface area contributed by atoms with Crippen LogP contribution in [0.15, 0.2) is 59.1 Å². The second kappa shape index (κ2) is 7.32. The van der Waals surface area contributed by atoms with Gasteiger partial charge in [0.25, 0.3) is 0 Å². The van der Waals surface area contributed by atoms with Crippen LogP contribution in [0.4, 0.5) is 5.69 Å². The molecule has 0 fully saturated rings. The summed E-state index contributed by atoms with van der Waals surface area (Å²) in [6, 6.07) is 15.1. The van der Waals surface area contributed by atoms with Crippen molar-refractivity contribution in [3.63, 3.8) is 0 Å². The van der Waals surface area contributed by atoms with Crippen LogP contribution in [0.25, 0.3) is 11.3 Å². The molecule has 4 nitrogen and oxygen atoms in total. The number of aromatic nitrogens is 1. The minimum atomic E-state index is -0.0678. The van der Waals surface area contributed by atoms with Gasteiger partial charge in [-0.2, -0.15) is 0 Å². The third kappa shape index (κ3) is 3.84. The number of rotatable bonds is 5. The zero-order valence-electron chi connectivity index (χ0n) is 13.3. The van der Waals surface area contributed by atoms with Gasteiger partial charge in [0.15, 0.2) is 11.7 Å². The van der Waals surface area contributed by atoms with Gasteiger partial charge in [0.1, 0.15) is 0 Å². The number of amides is 1. The Hall–Kier alpha value is -2.59. The SMILES string of the molecule is Cc1ccccc1NC(=O)CCc1ncc(-c2ccccc2Cl)o1. The summed E-state index contributed by atoms with van der Waals surface area (Å²) >= 11 is 6.15. The van der Waals surface area contributed by atoms with E-state index in [1.165, 1.54) is 0 Å². The van der Waals surface area contributed by atoms with Crippen molar-refractivity contribution in [2.24, 2.45) is 0 Å². The van der Waals surface area contributed by atoms with E-state index in [2.05, 4.69) is 10.3 Å². The smallest absolute Gasteiger partial charge is 0.224 e. The van der Waals surface area contributed by atoms with E-state index in [1.54, 1.807) is 12.3 Å².